The molecule has 2 saturated heterocycles. The van der Waals surface area contributed by atoms with Crippen LogP contribution in [0.1, 0.15) is 35.4 Å². The number of fused-ring (bicyclic) bond motifs is 4. The van der Waals surface area contributed by atoms with E-state index in [9.17, 15) is 34.5 Å². The number of nitrogens with zero attached hydrogens (tertiary/aromatic N) is 2. The zero-order chi connectivity index (χ0) is 33.0. The highest BCUT2D eigenvalue weighted by molar-refractivity contribution is 6.08. The second-order valence-corrected chi connectivity index (χ2v) is 12.9. The number of phenolic OH excluding ortho intramolecular Hbond substituents is 3. The van der Waals surface area contributed by atoms with E-state index >= 15 is 0 Å². The van der Waals surface area contributed by atoms with Crippen LogP contribution in [0.25, 0.3) is 0 Å². The quantitative estimate of drug-likeness (QED) is 0.249. The molecule has 1 saturated carbocycles. The lowest BCUT2D eigenvalue weighted by Gasteiger charge is -2.44. The summed E-state index contributed by atoms with van der Waals surface area (Å²) < 4.78 is 5.47. The molecule has 0 bridgehead atoms. The van der Waals surface area contributed by atoms with Gasteiger partial charge in [-0.25, -0.2) is 0 Å². The van der Waals surface area contributed by atoms with Gasteiger partial charge < -0.3 is 20.1 Å². The van der Waals surface area contributed by atoms with Crippen molar-refractivity contribution in [3.05, 3.63) is 95.1 Å². The van der Waals surface area contributed by atoms with Crippen LogP contribution < -0.4 is 4.74 Å². The number of aromatic hydroxyl groups is 3. The molecule has 47 heavy (non-hydrogen) atoms. The number of amides is 4. The maximum absolute atomic E-state index is 14.2. The highest BCUT2D eigenvalue weighted by Gasteiger charge is 2.62. The van der Waals surface area contributed by atoms with Gasteiger partial charge in [0.25, 0.3) is 0 Å². The largest absolute Gasteiger partial charge is 0.508 e. The Morgan fingerprint density at radius 2 is 1.23 bits per heavy atom. The molecule has 6 unspecified atom stereocenters. The van der Waals surface area contributed by atoms with E-state index in [-0.39, 0.29) is 60.4 Å². The lowest BCUT2D eigenvalue weighted by molar-refractivity contribution is -0.142. The van der Waals surface area contributed by atoms with E-state index in [1.165, 1.54) is 23.0 Å². The predicted molar refractivity (Wildman–Crippen MR) is 169 cm³/mol. The van der Waals surface area contributed by atoms with Gasteiger partial charge in [0.2, 0.25) is 23.6 Å². The second kappa shape index (κ2) is 11.9. The van der Waals surface area contributed by atoms with Crippen LogP contribution in [0.5, 0.6) is 23.0 Å². The van der Waals surface area contributed by atoms with E-state index in [0.29, 0.717) is 30.6 Å². The molecule has 0 aromatic heterocycles. The van der Waals surface area contributed by atoms with Crippen molar-refractivity contribution in [2.24, 2.45) is 29.6 Å². The van der Waals surface area contributed by atoms with Crippen LogP contribution in [-0.4, -0.2) is 68.9 Å². The minimum atomic E-state index is -0.780. The number of hydrogen-bond acceptors (Lipinski definition) is 8. The van der Waals surface area contributed by atoms with Crippen LogP contribution in [0.15, 0.2) is 78.4 Å². The second-order valence-electron chi connectivity index (χ2n) is 12.9. The topological polar surface area (TPSA) is 145 Å². The number of rotatable bonds is 8. The summed E-state index contributed by atoms with van der Waals surface area (Å²) in [4.78, 5) is 58.6. The summed E-state index contributed by atoms with van der Waals surface area (Å²) in [6.45, 7) is 0.358. The average molecular weight is 637 g/mol. The molecule has 6 atom stereocenters. The molecule has 10 nitrogen and oxygen atoms in total. The monoisotopic (exact) mass is 636 g/mol. The van der Waals surface area contributed by atoms with E-state index < -0.39 is 35.5 Å². The Hall–Kier alpha value is -5.12. The molecule has 3 fully saturated rings. The molecule has 4 amide bonds. The summed E-state index contributed by atoms with van der Waals surface area (Å²) in [6, 6.07) is 18.1. The van der Waals surface area contributed by atoms with Gasteiger partial charge in [-0.3, -0.25) is 29.0 Å². The van der Waals surface area contributed by atoms with Crippen molar-refractivity contribution >= 4 is 23.6 Å². The standard InChI is InChI=1S/C37H36N2O8/c1-47-24-10-13-30(42)28(18-24)31-25-11-12-26-32(36(45)38(34(26)43)16-14-20-2-6-22(40)7-3-20)27(25)19-29-33(31)37(46)39(35(29)44)17-15-21-4-8-23(41)9-5-21/h2-11,13,18,26-27,29,31-33,40-42H,12,14-17,19H2,1H3. The molecule has 242 valence electrons. The van der Waals surface area contributed by atoms with E-state index in [1.54, 1.807) is 60.7 Å². The van der Waals surface area contributed by atoms with E-state index in [2.05, 4.69) is 0 Å². The molecule has 0 radical (unpaired) electrons. The first-order chi connectivity index (χ1) is 22.7. The summed E-state index contributed by atoms with van der Waals surface area (Å²) in [5, 5.41) is 30.4. The van der Waals surface area contributed by atoms with E-state index in [0.717, 1.165) is 16.7 Å². The lowest BCUT2D eigenvalue weighted by atomic mass is 9.57. The zero-order valence-corrected chi connectivity index (χ0v) is 25.9. The smallest absolute Gasteiger partial charge is 0.234 e. The maximum Gasteiger partial charge on any atom is 0.234 e. The van der Waals surface area contributed by atoms with Gasteiger partial charge in [0.05, 0.1) is 30.8 Å². The van der Waals surface area contributed by atoms with Gasteiger partial charge in [-0.15, -0.1) is 0 Å². The molecule has 2 aliphatic carbocycles. The number of phenols is 3. The maximum atomic E-state index is 14.2. The van der Waals surface area contributed by atoms with E-state index in [1.807, 2.05) is 6.08 Å². The number of carbonyl (C=O) groups is 4. The van der Waals surface area contributed by atoms with Crippen molar-refractivity contribution in [3.63, 3.8) is 0 Å². The third kappa shape index (κ3) is 5.21. The van der Waals surface area contributed by atoms with Gasteiger partial charge in [0.1, 0.15) is 23.0 Å². The number of benzene rings is 3. The Bertz CT molecular complexity index is 1780. The van der Waals surface area contributed by atoms with Gasteiger partial charge in [-0.2, -0.15) is 0 Å². The van der Waals surface area contributed by atoms with Crippen molar-refractivity contribution in [2.75, 3.05) is 20.2 Å². The summed E-state index contributed by atoms with van der Waals surface area (Å²) in [5.41, 5.74) is 3.01. The summed E-state index contributed by atoms with van der Waals surface area (Å²) in [7, 11) is 1.51. The number of allylic oxidation sites excluding steroid dienone is 2. The molecule has 2 heterocycles. The number of hydrogen-bond donors (Lipinski definition) is 3. The van der Waals surface area contributed by atoms with Gasteiger partial charge >= 0.3 is 0 Å². The summed E-state index contributed by atoms with van der Waals surface area (Å²) >= 11 is 0. The zero-order valence-electron chi connectivity index (χ0n) is 25.9. The molecule has 2 aliphatic heterocycles. The van der Waals surface area contributed by atoms with Crippen molar-refractivity contribution in [3.8, 4) is 23.0 Å². The first kappa shape index (κ1) is 30.5. The molecule has 10 heteroatoms. The van der Waals surface area contributed by atoms with Crippen molar-refractivity contribution < 1.29 is 39.2 Å². The van der Waals surface area contributed by atoms with Crippen LogP contribution in [0.2, 0.25) is 0 Å². The van der Waals surface area contributed by atoms with Gasteiger partial charge in [0, 0.05) is 24.6 Å². The predicted octanol–water partition coefficient (Wildman–Crippen LogP) is 3.93. The van der Waals surface area contributed by atoms with Crippen LogP contribution in [0.3, 0.4) is 0 Å². The number of carbonyl (C=O) groups excluding carboxylic acids is 4. The Morgan fingerprint density at radius 1 is 0.681 bits per heavy atom. The van der Waals surface area contributed by atoms with E-state index in [4.69, 9.17) is 4.74 Å². The fraction of sp³-hybridized carbons (Fsp3) is 0.351. The Morgan fingerprint density at radius 3 is 1.81 bits per heavy atom. The minimum Gasteiger partial charge on any atom is -0.508 e. The number of ether oxygens (including phenoxy) is 1. The summed E-state index contributed by atoms with van der Waals surface area (Å²) in [5.74, 6) is -4.32. The Balaban J connectivity index is 1.22. The van der Waals surface area contributed by atoms with Gasteiger partial charge in [-0.1, -0.05) is 35.9 Å². The van der Waals surface area contributed by atoms with Crippen LogP contribution in [-0.2, 0) is 32.0 Å². The first-order valence-corrected chi connectivity index (χ1v) is 16.0. The third-order valence-electron chi connectivity index (χ3n) is 10.5. The molecule has 7 rings (SSSR count). The molecular formula is C37H36N2O8. The fourth-order valence-electron chi connectivity index (χ4n) is 8.22. The lowest BCUT2D eigenvalue weighted by Crippen LogP contribution is -2.43. The van der Waals surface area contributed by atoms with Gasteiger partial charge in [-0.05, 0) is 85.2 Å². The highest BCUT2D eigenvalue weighted by atomic mass is 16.5. The fourth-order valence-corrected chi connectivity index (χ4v) is 8.22. The molecule has 3 aromatic rings. The van der Waals surface area contributed by atoms with Gasteiger partial charge in [0.15, 0.2) is 0 Å². The molecule has 0 spiro atoms. The molecule has 3 N–H and O–H groups in total. The molecule has 4 aliphatic rings. The van der Waals surface area contributed by atoms with Crippen LogP contribution in [0.4, 0.5) is 0 Å². The number of likely N-dealkylation sites (tertiary alicyclic amines) is 2. The molecule has 3 aromatic carbocycles. The minimum absolute atomic E-state index is 0.0367. The highest BCUT2D eigenvalue weighted by Crippen LogP contribution is 2.59. The van der Waals surface area contributed by atoms with Crippen LogP contribution >= 0.6 is 0 Å². The number of imide groups is 2. The normalized spacial score (nSPS) is 26.6. The average Bonchev–Trinajstić information content (AvgIpc) is 3.46. The van der Waals surface area contributed by atoms with Crippen molar-refractivity contribution in [1.29, 1.82) is 0 Å². The number of methoxy groups -OCH3 is 1. The SMILES string of the molecule is COc1ccc(O)c(C2C3=CCC4C(=O)N(CCc5ccc(O)cc5)C(=O)C4C3CC3C(=O)N(CCc4ccc(O)cc4)C(=O)C32)c1. The Kier molecular flexibility index (Phi) is 7.74. The first-order valence-electron chi connectivity index (χ1n) is 16.0. The molecular weight excluding hydrogens is 600 g/mol. The van der Waals surface area contributed by atoms with Crippen molar-refractivity contribution in [2.45, 2.75) is 31.6 Å². The summed E-state index contributed by atoms with van der Waals surface area (Å²) in [6.07, 6.45) is 3.38. The third-order valence-corrected chi connectivity index (χ3v) is 10.5. The van der Waals surface area contributed by atoms with Crippen molar-refractivity contribution in [1.82, 2.24) is 9.80 Å². The Labute approximate surface area is 271 Å². The van der Waals surface area contributed by atoms with Crippen LogP contribution in [0, 0.1) is 29.6 Å².